The van der Waals surface area contributed by atoms with Crippen LogP contribution in [0.4, 0.5) is 15.9 Å². The molecule has 21 heavy (non-hydrogen) atoms. The first-order valence-electron chi connectivity index (χ1n) is 6.93. The molecule has 106 valence electrons. The van der Waals surface area contributed by atoms with E-state index >= 15 is 0 Å². The summed E-state index contributed by atoms with van der Waals surface area (Å²) in [6.07, 6.45) is 5.97. The molecule has 0 aliphatic rings. The van der Waals surface area contributed by atoms with Crippen LogP contribution in [0.25, 0.3) is 10.8 Å². The van der Waals surface area contributed by atoms with Crippen molar-refractivity contribution in [2.75, 3.05) is 5.32 Å². The number of pyridine rings is 2. The number of rotatable bonds is 3. The molecule has 0 aliphatic carbocycles. The lowest BCUT2D eigenvalue weighted by Crippen LogP contribution is -1.97. The van der Waals surface area contributed by atoms with E-state index < -0.39 is 0 Å². The van der Waals surface area contributed by atoms with E-state index in [-0.39, 0.29) is 5.82 Å². The third-order valence-electron chi connectivity index (χ3n) is 3.57. The summed E-state index contributed by atoms with van der Waals surface area (Å²) in [5.74, 6) is 0.441. The van der Waals surface area contributed by atoms with Gasteiger partial charge in [0, 0.05) is 29.7 Å². The summed E-state index contributed by atoms with van der Waals surface area (Å²) in [5.41, 5.74) is 3.08. The van der Waals surface area contributed by atoms with Crippen LogP contribution in [0.15, 0.2) is 42.9 Å². The van der Waals surface area contributed by atoms with E-state index in [0.717, 1.165) is 17.6 Å². The average molecular weight is 281 g/mol. The molecule has 0 spiro atoms. The van der Waals surface area contributed by atoms with Crippen LogP contribution in [0.5, 0.6) is 0 Å². The topological polar surface area (TPSA) is 37.8 Å². The van der Waals surface area contributed by atoms with Crippen LogP contribution in [-0.2, 0) is 6.42 Å². The molecule has 3 nitrogen and oxygen atoms in total. The minimum atomic E-state index is -0.286. The van der Waals surface area contributed by atoms with Gasteiger partial charge in [0.25, 0.3) is 0 Å². The van der Waals surface area contributed by atoms with Crippen LogP contribution in [0.2, 0.25) is 0 Å². The number of aryl methyl sites for hydroxylation is 2. The van der Waals surface area contributed by atoms with Gasteiger partial charge < -0.3 is 5.32 Å². The van der Waals surface area contributed by atoms with Gasteiger partial charge in [0.1, 0.15) is 11.6 Å². The average Bonchev–Trinajstić information content (AvgIpc) is 2.49. The minimum Gasteiger partial charge on any atom is -0.340 e. The first-order chi connectivity index (χ1) is 10.2. The predicted molar refractivity (Wildman–Crippen MR) is 83.3 cm³/mol. The van der Waals surface area contributed by atoms with Crippen molar-refractivity contribution in [3.8, 4) is 0 Å². The Kier molecular flexibility index (Phi) is 3.52. The largest absolute Gasteiger partial charge is 0.340 e. The molecular formula is C17H16FN3. The Bertz CT molecular complexity index is 799. The second-order valence-corrected chi connectivity index (χ2v) is 5.03. The van der Waals surface area contributed by atoms with Gasteiger partial charge in [0.2, 0.25) is 0 Å². The number of aromatic nitrogens is 2. The molecule has 0 saturated carbocycles. The van der Waals surface area contributed by atoms with Gasteiger partial charge in [-0.1, -0.05) is 6.92 Å². The minimum absolute atomic E-state index is 0.286. The van der Waals surface area contributed by atoms with Crippen LogP contribution in [0, 0.1) is 12.7 Å². The molecule has 4 heteroatoms. The van der Waals surface area contributed by atoms with Gasteiger partial charge in [-0.2, -0.15) is 0 Å². The Morgan fingerprint density at radius 1 is 1.19 bits per heavy atom. The molecule has 2 aromatic heterocycles. The number of anilines is 2. The Morgan fingerprint density at radius 2 is 2.05 bits per heavy atom. The van der Waals surface area contributed by atoms with Crippen molar-refractivity contribution >= 4 is 22.3 Å². The fourth-order valence-electron chi connectivity index (χ4n) is 2.39. The second kappa shape index (κ2) is 5.48. The highest BCUT2D eigenvalue weighted by Gasteiger charge is 2.06. The maximum atomic E-state index is 14.1. The van der Waals surface area contributed by atoms with Crippen LogP contribution in [0.1, 0.15) is 18.1 Å². The van der Waals surface area contributed by atoms with Crippen LogP contribution < -0.4 is 5.32 Å². The van der Waals surface area contributed by atoms with E-state index in [1.54, 1.807) is 12.3 Å². The van der Waals surface area contributed by atoms with Crippen molar-refractivity contribution in [2.45, 2.75) is 20.3 Å². The van der Waals surface area contributed by atoms with E-state index in [1.807, 2.05) is 25.3 Å². The zero-order chi connectivity index (χ0) is 14.8. The third kappa shape index (κ3) is 2.70. The van der Waals surface area contributed by atoms with Crippen molar-refractivity contribution in [1.29, 1.82) is 0 Å². The number of hydrogen-bond donors (Lipinski definition) is 1. The molecule has 2 heterocycles. The van der Waals surface area contributed by atoms with E-state index in [4.69, 9.17) is 0 Å². The summed E-state index contributed by atoms with van der Waals surface area (Å²) >= 11 is 0. The summed E-state index contributed by atoms with van der Waals surface area (Å²) in [7, 11) is 0. The highest BCUT2D eigenvalue weighted by Crippen LogP contribution is 2.24. The summed E-state index contributed by atoms with van der Waals surface area (Å²) in [6.45, 7) is 4.15. The number of nitrogens with zero attached hydrogens (tertiary/aromatic N) is 2. The number of hydrogen-bond acceptors (Lipinski definition) is 3. The molecule has 0 aliphatic heterocycles. The van der Waals surface area contributed by atoms with Crippen molar-refractivity contribution in [1.82, 2.24) is 9.97 Å². The zero-order valence-corrected chi connectivity index (χ0v) is 12.0. The van der Waals surface area contributed by atoms with Crippen LogP contribution in [-0.4, -0.2) is 9.97 Å². The van der Waals surface area contributed by atoms with Crippen molar-refractivity contribution in [2.24, 2.45) is 0 Å². The van der Waals surface area contributed by atoms with Gasteiger partial charge in [-0.3, -0.25) is 4.98 Å². The maximum absolute atomic E-state index is 14.1. The molecule has 0 fully saturated rings. The zero-order valence-electron chi connectivity index (χ0n) is 12.0. The van der Waals surface area contributed by atoms with Gasteiger partial charge >= 0.3 is 0 Å². The fraction of sp³-hybridized carbons (Fsp3) is 0.176. The highest BCUT2D eigenvalue weighted by molar-refractivity contribution is 5.86. The monoisotopic (exact) mass is 281 g/mol. The molecule has 0 atom stereocenters. The lowest BCUT2D eigenvalue weighted by atomic mass is 10.1. The number of nitrogens with one attached hydrogen (secondary N) is 1. The number of benzene rings is 1. The van der Waals surface area contributed by atoms with Gasteiger partial charge in [-0.15, -0.1) is 0 Å². The van der Waals surface area contributed by atoms with Gasteiger partial charge in [-0.25, -0.2) is 9.37 Å². The van der Waals surface area contributed by atoms with Crippen molar-refractivity contribution in [3.63, 3.8) is 0 Å². The van der Waals surface area contributed by atoms with Gasteiger partial charge in [0.05, 0.1) is 0 Å². The molecule has 0 radical (unpaired) electrons. The third-order valence-corrected chi connectivity index (χ3v) is 3.57. The standard InChI is InChI=1S/C17H16FN3/c1-3-12-7-17(20-9-11(12)2)21-14-6-13-4-5-19-10-15(13)16(18)8-14/h4-10H,3H2,1-2H3,(H,20,21). The molecule has 1 N–H and O–H groups in total. The number of halogens is 1. The molecule has 3 aromatic rings. The van der Waals surface area contributed by atoms with Crippen molar-refractivity contribution < 1.29 is 4.39 Å². The molecule has 0 unspecified atom stereocenters. The second-order valence-electron chi connectivity index (χ2n) is 5.03. The molecule has 1 aromatic carbocycles. The Labute approximate surface area is 122 Å². The SMILES string of the molecule is CCc1cc(Nc2cc(F)c3cnccc3c2)ncc1C. The quantitative estimate of drug-likeness (QED) is 0.774. The van der Waals surface area contributed by atoms with Crippen LogP contribution >= 0.6 is 0 Å². The highest BCUT2D eigenvalue weighted by atomic mass is 19.1. The summed E-state index contributed by atoms with van der Waals surface area (Å²) in [4.78, 5) is 8.29. The lowest BCUT2D eigenvalue weighted by molar-refractivity contribution is 0.640. The van der Waals surface area contributed by atoms with E-state index in [0.29, 0.717) is 11.1 Å². The smallest absolute Gasteiger partial charge is 0.134 e. The van der Waals surface area contributed by atoms with Gasteiger partial charge in [-0.05, 0) is 54.1 Å². The fourth-order valence-corrected chi connectivity index (χ4v) is 2.39. The van der Waals surface area contributed by atoms with E-state index in [2.05, 4.69) is 22.2 Å². The first kappa shape index (κ1) is 13.5. The van der Waals surface area contributed by atoms with Gasteiger partial charge in [0.15, 0.2) is 0 Å². The molecule has 0 saturated heterocycles. The lowest BCUT2D eigenvalue weighted by Gasteiger charge is -2.10. The van der Waals surface area contributed by atoms with E-state index in [9.17, 15) is 4.39 Å². The first-order valence-corrected chi connectivity index (χ1v) is 6.93. The van der Waals surface area contributed by atoms with Crippen molar-refractivity contribution in [3.05, 3.63) is 59.8 Å². The Balaban J connectivity index is 1.98. The Hall–Kier alpha value is -2.49. The summed E-state index contributed by atoms with van der Waals surface area (Å²) in [5, 5.41) is 4.50. The van der Waals surface area contributed by atoms with Crippen LogP contribution in [0.3, 0.4) is 0 Å². The Morgan fingerprint density at radius 3 is 2.86 bits per heavy atom. The molecule has 0 bridgehead atoms. The van der Waals surface area contributed by atoms with E-state index in [1.165, 1.54) is 23.4 Å². The maximum Gasteiger partial charge on any atom is 0.134 e. The summed E-state index contributed by atoms with van der Waals surface area (Å²) in [6, 6.07) is 7.16. The predicted octanol–water partition coefficient (Wildman–Crippen LogP) is 4.38. The molecular weight excluding hydrogens is 265 g/mol. The summed E-state index contributed by atoms with van der Waals surface area (Å²) < 4.78 is 14.1. The molecule has 3 rings (SSSR count). The normalized spacial score (nSPS) is 10.8. The number of fused-ring (bicyclic) bond motifs is 1. The molecule has 0 amide bonds.